The predicted octanol–water partition coefficient (Wildman–Crippen LogP) is 4.73. The third kappa shape index (κ3) is 3.61. The van der Waals surface area contributed by atoms with E-state index in [1.165, 1.54) is 6.07 Å². The van der Waals surface area contributed by atoms with Crippen molar-refractivity contribution in [3.63, 3.8) is 0 Å². The van der Waals surface area contributed by atoms with E-state index in [1.54, 1.807) is 6.07 Å². The highest BCUT2D eigenvalue weighted by molar-refractivity contribution is 9.11. The van der Waals surface area contributed by atoms with Crippen molar-refractivity contribution in [2.75, 3.05) is 0 Å². The first-order chi connectivity index (χ1) is 8.97. The molecule has 100 valence electrons. The topological polar surface area (TPSA) is 26.0 Å². The van der Waals surface area contributed by atoms with Crippen LogP contribution in [0.2, 0.25) is 0 Å². The standard InChI is InChI=1S/C14H11Br2F2N/c15-9-2-3-10(11(16)7-9)14(19)6-8-1-4-12(17)13(18)5-8/h1-5,7,14H,6,19H2. The van der Waals surface area contributed by atoms with Crippen LogP contribution in [-0.2, 0) is 6.42 Å². The molecule has 2 N–H and O–H groups in total. The van der Waals surface area contributed by atoms with Gasteiger partial charge < -0.3 is 5.73 Å². The van der Waals surface area contributed by atoms with E-state index in [9.17, 15) is 8.78 Å². The van der Waals surface area contributed by atoms with E-state index in [0.29, 0.717) is 12.0 Å². The fraction of sp³-hybridized carbons (Fsp3) is 0.143. The number of halogens is 4. The highest BCUT2D eigenvalue weighted by atomic mass is 79.9. The van der Waals surface area contributed by atoms with Crippen LogP contribution in [0.5, 0.6) is 0 Å². The highest BCUT2D eigenvalue weighted by Gasteiger charge is 2.12. The maximum absolute atomic E-state index is 13.1. The van der Waals surface area contributed by atoms with Crippen molar-refractivity contribution in [2.45, 2.75) is 12.5 Å². The molecule has 1 unspecified atom stereocenters. The van der Waals surface area contributed by atoms with Crippen LogP contribution >= 0.6 is 31.9 Å². The maximum atomic E-state index is 13.1. The lowest BCUT2D eigenvalue weighted by Crippen LogP contribution is -2.14. The van der Waals surface area contributed by atoms with Crippen molar-refractivity contribution in [3.8, 4) is 0 Å². The van der Waals surface area contributed by atoms with Gasteiger partial charge in [-0.25, -0.2) is 8.78 Å². The molecule has 1 nitrogen and oxygen atoms in total. The molecule has 0 heterocycles. The Morgan fingerprint density at radius 3 is 2.37 bits per heavy atom. The Morgan fingerprint density at radius 2 is 1.74 bits per heavy atom. The van der Waals surface area contributed by atoms with Gasteiger partial charge in [0, 0.05) is 15.0 Å². The maximum Gasteiger partial charge on any atom is 0.159 e. The quantitative estimate of drug-likeness (QED) is 0.805. The molecule has 0 radical (unpaired) electrons. The van der Waals surface area contributed by atoms with Crippen LogP contribution in [0, 0.1) is 11.6 Å². The summed E-state index contributed by atoms with van der Waals surface area (Å²) in [6, 6.07) is 9.26. The van der Waals surface area contributed by atoms with E-state index in [2.05, 4.69) is 31.9 Å². The number of benzene rings is 2. The second-order valence-electron chi connectivity index (χ2n) is 4.22. The molecule has 0 amide bonds. The first kappa shape index (κ1) is 14.6. The molecule has 0 spiro atoms. The molecule has 19 heavy (non-hydrogen) atoms. The summed E-state index contributed by atoms with van der Waals surface area (Å²) in [5.74, 6) is -1.69. The molecular weight excluding hydrogens is 380 g/mol. The Hall–Kier alpha value is -0.780. The summed E-state index contributed by atoms with van der Waals surface area (Å²) in [6.45, 7) is 0. The van der Waals surface area contributed by atoms with Gasteiger partial charge in [-0.1, -0.05) is 44.0 Å². The third-order valence-corrected chi connectivity index (χ3v) is 3.98. The second kappa shape index (κ2) is 6.11. The molecule has 5 heteroatoms. The molecule has 2 aromatic carbocycles. The van der Waals surface area contributed by atoms with Gasteiger partial charge in [0.25, 0.3) is 0 Å². The van der Waals surface area contributed by atoms with Crippen LogP contribution < -0.4 is 5.73 Å². The highest BCUT2D eigenvalue weighted by Crippen LogP contribution is 2.27. The smallest absolute Gasteiger partial charge is 0.159 e. The van der Waals surface area contributed by atoms with E-state index < -0.39 is 11.6 Å². The lowest BCUT2D eigenvalue weighted by Gasteiger charge is -2.14. The summed E-state index contributed by atoms with van der Waals surface area (Å²) in [6.07, 6.45) is 0.442. The summed E-state index contributed by atoms with van der Waals surface area (Å²) < 4.78 is 27.8. The van der Waals surface area contributed by atoms with E-state index in [0.717, 1.165) is 20.6 Å². The van der Waals surface area contributed by atoms with Crippen molar-refractivity contribution in [2.24, 2.45) is 5.73 Å². The van der Waals surface area contributed by atoms with Crippen LogP contribution in [0.3, 0.4) is 0 Å². The minimum absolute atomic E-state index is 0.285. The monoisotopic (exact) mass is 389 g/mol. The van der Waals surface area contributed by atoms with E-state index >= 15 is 0 Å². The predicted molar refractivity (Wildman–Crippen MR) is 78.8 cm³/mol. The van der Waals surface area contributed by atoms with E-state index in [-0.39, 0.29) is 6.04 Å². The van der Waals surface area contributed by atoms with Crippen LogP contribution in [-0.4, -0.2) is 0 Å². The number of nitrogens with two attached hydrogens (primary N) is 1. The van der Waals surface area contributed by atoms with Crippen LogP contribution in [0.25, 0.3) is 0 Å². The molecule has 0 bridgehead atoms. The normalized spacial score (nSPS) is 12.5. The molecule has 0 aliphatic rings. The van der Waals surface area contributed by atoms with Gasteiger partial charge >= 0.3 is 0 Å². The number of rotatable bonds is 3. The SMILES string of the molecule is NC(Cc1ccc(F)c(F)c1)c1ccc(Br)cc1Br. The Balaban J connectivity index is 2.20. The summed E-state index contributed by atoms with van der Waals surface area (Å²) in [7, 11) is 0. The Kier molecular flexibility index (Phi) is 4.71. The zero-order valence-corrected chi connectivity index (χ0v) is 13.0. The zero-order chi connectivity index (χ0) is 14.0. The van der Waals surface area contributed by atoms with Gasteiger partial charge in [-0.3, -0.25) is 0 Å². The Labute approximate surface area is 127 Å². The van der Waals surface area contributed by atoms with Crippen molar-refractivity contribution in [3.05, 3.63) is 68.1 Å². The second-order valence-corrected chi connectivity index (χ2v) is 5.99. The number of hydrogen-bond acceptors (Lipinski definition) is 1. The summed E-state index contributed by atoms with van der Waals surface area (Å²) >= 11 is 6.81. The van der Waals surface area contributed by atoms with E-state index in [4.69, 9.17) is 5.73 Å². The molecule has 0 aliphatic carbocycles. The summed E-state index contributed by atoms with van der Waals surface area (Å²) in [5.41, 5.74) is 7.70. The lowest BCUT2D eigenvalue weighted by atomic mass is 10.00. The van der Waals surface area contributed by atoms with Crippen molar-refractivity contribution >= 4 is 31.9 Å². The molecule has 0 saturated carbocycles. The minimum atomic E-state index is -0.848. The lowest BCUT2D eigenvalue weighted by molar-refractivity contribution is 0.506. The van der Waals surface area contributed by atoms with Gasteiger partial charge in [0.1, 0.15) is 0 Å². The molecule has 0 aromatic heterocycles. The first-order valence-electron chi connectivity index (χ1n) is 5.62. The summed E-state index contributed by atoms with van der Waals surface area (Å²) in [4.78, 5) is 0. The molecule has 0 saturated heterocycles. The van der Waals surface area contributed by atoms with Gasteiger partial charge in [0.2, 0.25) is 0 Å². The van der Waals surface area contributed by atoms with E-state index in [1.807, 2.05) is 18.2 Å². The Bertz CT molecular complexity index is 602. The fourth-order valence-corrected chi connectivity index (χ4v) is 3.17. The average Bonchev–Trinajstić information content (AvgIpc) is 2.33. The largest absolute Gasteiger partial charge is 0.324 e. The molecule has 2 aromatic rings. The summed E-state index contributed by atoms with van der Waals surface area (Å²) in [5, 5.41) is 0. The van der Waals surface area contributed by atoms with Crippen LogP contribution in [0.1, 0.15) is 17.2 Å². The fourth-order valence-electron chi connectivity index (χ4n) is 1.83. The van der Waals surface area contributed by atoms with Gasteiger partial charge in [-0.05, 0) is 41.8 Å². The first-order valence-corrected chi connectivity index (χ1v) is 7.20. The molecule has 1 atom stereocenters. The third-order valence-electron chi connectivity index (χ3n) is 2.80. The molecule has 0 aliphatic heterocycles. The average molecular weight is 391 g/mol. The molecule has 0 fully saturated rings. The number of hydrogen-bond donors (Lipinski definition) is 1. The molecule has 2 rings (SSSR count). The van der Waals surface area contributed by atoms with Gasteiger partial charge in [0.15, 0.2) is 11.6 Å². The van der Waals surface area contributed by atoms with Crippen molar-refractivity contribution < 1.29 is 8.78 Å². The zero-order valence-electron chi connectivity index (χ0n) is 9.84. The van der Waals surface area contributed by atoms with Gasteiger partial charge in [0.05, 0.1) is 0 Å². The van der Waals surface area contributed by atoms with Crippen molar-refractivity contribution in [1.29, 1.82) is 0 Å². The molecular formula is C14H11Br2F2N. The Morgan fingerprint density at radius 1 is 1.00 bits per heavy atom. The van der Waals surface area contributed by atoms with Crippen molar-refractivity contribution in [1.82, 2.24) is 0 Å². The van der Waals surface area contributed by atoms with Gasteiger partial charge in [-0.2, -0.15) is 0 Å². The van der Waals surface area contributed by atoms with Crippen LogP contribution in [0.4, 0.5) is 8.78 Å². The van der Waals surface area contributed by atoms with Gasteiger partial charge in [-0.15, -0.1) is 0 Å². The minimum Gasteiger partial charge on any atom is -0.324 e. The van der Waals surface area contributed by atoms with Crippen LogP contribution in [0.15, 0.2) is 45.3 Å².